The van der Waals surface area contributed by atoms with E-state index >= 15 is 0 Å². The van der Waals surface area contributed by atoms with Crippen molar-refractivity contribution in [3.05, 3.63) is 0 Å². The van der Waals surface area contributed by atoms with Crippen molar-refractivity contribution in [3.8, 4) is 0 Å². The molecule has 0 aromatic heterocycles. The summed E-state index contributed by atoms with van der Waals surface area (Å²) < 4.78 is 28.3. The van der Waals surface area contributed by atoms with Crippen LogP contribution in [0.25, 0.3) is 0 Å². The molecule has 2 saturated heterocycles. The molecule has 0 aromatic carbocycles. The molecule has 2 heterocycles. The normalized spacial score (nSPS) is 32.3. The zero-order chi connectivity index (χ0) is 20.6. The minimum Gasteiger partial charge on any atom is -0.462 e. The number of esters is 2. The molecule has 2 aliphatic heterocycles. The molecule has 0 radical (unpaired) electrons. The van der Waals surface area contributed by atoms with Gasteiger partial charge in [-0.25, -0.2) is 0 Å². The second-order valence-electron chi connectivity index (χ2n) is 8.36. The Bertz CT molecular complexity index is 611. The summed E-state index contributed by atoms with van der Waals surface area (Å²) in [4.78, 5) is 35.5. The van der Waals surface area contributed by atoms with E-state index < -0.39 is 47.2 Å². The van der Waals surface area contributed by atoms with Gasteiger partial charge in [-0.05, 0) is 34.6 Å². The fourth-order valence-corrected chi connectivity index (χ4v) is 3.07. The number of carbonyl (C=O) groups excluding carboxylic acids is 3. The maximum atomic E-state index is 12.1. The Hall–Kier alpha value is -1.71. The lowest BCUT2D eigenvalue weighted by molar-refractivity contribution is -0.254. The molecule has 2 rings (SSSR count). The summed E-state index contributed by atoms with van der Waals surface area (Å²) in [5.41, 5.74) is -0.695. The Morgan fingerprint density at radius 1 is 1.19 bits per heavy atom. The Balaban J connectivity index is 2.28. The molecular weight excluding hydrogens is 358 g/mol. The molecule has 0 aromatic rings. The van der Waals surface area contributed by atoms with Crippen molar-refractivity contribution in [2.75, 3.05) is 13.2 Å². The summed E-state index contributed by atoms with van der Waals surface area (Å²) in [5.74, 6) is -3.63. The van der Waals surface area contributed by atoms with Crippen LogP contribution in [-0.4, -0.2) is 60.9 Å². The molecule has 0 bridgehead atoms. The van der Waals surface area contributed by atoms with Gasteiger partial charge in [0.25, 0.3) is 0 Å². The molecule has 1 N–H and O–H groups in total. The van der Waals surface area contributed by atoms with Crippen LogP contribution in [0.3, 0.4) is 0 Å². The second kappa shape index (κ2) is 7.37. The van der Waals surface area contributed by atoms with E-state index in [1.54, 1.807) is 34.6 Å². The van der Waals surface area contributed by atoms with Gasteiger partial charge < -0.3 is 29.0 Å². The minimum absolute atomic E-state index is 0.0203. The van der Waals surface area contributed by atoms with E-state index in [1.807, 2.05) is 0 Å². The van der Waals surface area contributed by atoms with Gasteiger partial charge in [0.2, 0.25) is 11.7 Å². The maximum Gasteiger partial charge on any atom is 0.311 e. The lowest BCUT2D eigenvalue weighted by atomic mass is 9.97. The molecule has 2 aliphatic rings. The molecule has 1 amide bonds. The van der Waals surface area contributed by atoms with Crippen molar-refractivity contribution < 1.29 is 38.1 Å². The van der Waals surface area contributed by atoms with Gasteiger partial charge in [-0.2, -0.15) is 0 Å². The van der Waals surface area contributed by atoms with Crippen molar-refractivity contribution in [1.82, 2.24) is 5.32 Å². The summed E-state index contributed by atoms with van der Waals surface area (Å²) in [6.45, 7) is 11.1. The first-order chi connectivity index (χ1) is 12.3. The summed E-state index contributed by atoms with van der Waals surface area (Å²) in [6.07, 6.45) is -1.73. The van der Waals surface area contributed by atoms with E-state index in [1.165, 1.54) is 13.8 Å². The van der Waals surface area contributed by atoms with Crippen LogP contribution in [-0.2, 0) is 38.1 Å². The monoisotopic (exact) mass is 387 g/mol. The number of amides is 1. The van der Waals surface area contributed by atoms with Gasteiger partial charge in [-0.15, -0.1) is 0 Å². The summed E-state index contributed by atoms with van der Waals surface area (Å²) in [7, 11) is 0. The third kappa shape index (κ3) is 4.97. The van der Waals surface area contributed by atoms with Gasteiger partial charge in [0.15, 0.2) is 11.9 Å². The number of ether oxygens (including phenoxy) is 5. The molecule has 1 spiro atoms. The van der Waals surface area contributed by atoms with Gasteiger partial charge >= 0.3 is 11.9 Å². The van der Waals surface area contributed by atoms with Crippen LogP contribution in [0.15, 0.2) is 0 Å². The van der Waals surface area contributed by atoms with E-state index in [-0.39, 0.29) is 19.1 Å². The Kier molecular flexibility index (Phi) is 5.89. The third-order valence-electron chi connectivity index (χ3n) is 4.21. The highest BCUT2D eigenvalue weighted by Crippen LogP contribution is 2.43. The van der Waals surface area contributed by atoms with E-state index in [2.05, 4.69) is 5.32 Å². The number of carbonyl (C=O) groups is 3. The molecule has 9 heteroatoms. The first kappa shape index (κ1) is 21.6. The van der Waals surface area contributed by atoms with Gasteiger partial charge in [-0.1, -0.05) is 0 Å². The first-order valence-electron chi connectivity index (χ1n) is 8.89. The zero-order valence-electron chi connectivity index (χ0n) is 16.9. The molecule has 0 aliphatic carbocycles. The lowest BCUT2D eigenvalue weighted by Crippen LogP contribution is -2.56. The number of hydrogen-bond acceptors (Lipinski definition) is 8. The van der Waals surface area contributed by atoms with Crippen LogP contribution in [0.4, 0.5) is 0 Å². The van der Waals surface area contributed by atoms with Gasteiger partial charge in [0.1, 0.15) is 25.4 Å². The number of hydrogen-bond donors (Lipinski definition) is 1. The molecule has 0 saturated carbocycles. The van der Waals surface area contributed by atoms with Crippen molar-refractivity contribution in [2.45, 2.75) is 78.3 Å². The molecule has 27 heavy (non-hydrogen) atoms. The predicted octanol–water partition coefficient (Wildman–Crippen LogP) is 0.890. The van der Waals surface area contributed by atoms with Gasteiger partial charge in [-0.3, -0.25) is 14.4 Å². The zero-order valence-corrected chi connectivity index (χ0v) is 16.9. The van der Waals surface area contributed by atoms with Crippen LogP contribution in [0.1, 0.15) is 48.5 Å². The summed E-state index contributed by atoms with van der Waals surface area (Å²) in [6, 6.07) is -0.820. The SMILES string of the molecule is CC(=O)N[C@@H]1[C@H](OC(C)=O)[C@@H](COC(=O)C(C)(C)C)O[C@@]12COC(C)(C)O2. The standard InChI is InChI=1S/C18H29NO8/c1-10(20)19-14-13(25-11(2)21)12(8-23-15(22)16(3,4)5)26-18(14)9-24-17(6,7)27-18/h12-14H,8-9H2,1-7H3,(H,19,20)/t12-,13-,14-,18-/m1/s1. The van der Waals surface area contributed by atoms with Crippen molar-refractivity contribution >= 4 is 17.8 Å². The smallest absolute Gasteiger partial charge is 0.311 e. The minimum atomic E-state index is -1.35. The number of nitrogens with one attached hydrogen (secondary N) is 1. The molecule has 2 fully saturated rings. The quantitative estimate of drug-likeness (QED) is 0.709. The van der Waals surface area contributed by atoms with Crippen LogP contribution in [0.5, 0.6) is 0 Å². The van der Waals surface area contributed by atoms with Crippen LogP contribution in [0.2, 0.25) is 0 Å². The molecule has 154 valence electrons. The average molecular weight is 387 g/mol. The maximum absolute atomic E-state index is 12.1. The van der Waals surface area contributed by atoms with Crippen LogP contribution >= 0.6 is 0 Å². The Labute approximate surface area is 159 Å². The Morgan fingerprint density at radius 2 is 1.81 bits per heavy atom. The summed E-state index contributed by atoms with van der Waals surface area (Å²) in [5, 5.41) is 2.73. The van der Waals surface area contributed by atoms with Crippen molar-refractivity contribution in [3.63, 3.8) is 0 Å². The Morgan fingerprint density at radius 3 is 2.26 bits per heavy atom. The lowest BCUT2D eigenvalue weighted by Gasteiger charge is -2.31. The molecule has 4 atom stereocenters. The van der Waals surface area contributed by atoms with E-state index in [0.717, 1.165) is 0 Å². The van der Waals surface area contributed by atoms with Crippen molar-refractivity contribution in [2.24, 2.45) is 5.41 Å². The summed E-state index contributed by atoms with van der Waals surface area (Å²) >= 11 is 0. The second-order valence-corrected chi connectivity index (χ2v) is 8.36. The highest BCUT2D eigenvalue weighted by molar-refractivity contribution is 5.75. The van der Waals surface area contributed by atoms with E-state index in [4.69, 9.17) is 23.7 Å². The van der Waals surface area contributed by atoms with E-state index in [0.29, 0.717) is 0 Å². The molecule has 9 nitrogen and oxygen atoms in total. The molecular formula is C18H29NO8. The largest absolute Gasteiger partial charge is 0.462 e. The van der Waals surface area contributed by atoms with Crippen LogP contribution in [0, 0.1) is 5.41 Å². The van der Waals surface area contributed by atoms with Gasteiger partial charge in [0, 0.05) is 13.8 Å². The highest BCUT2D eigenvalue weighted by atomic mass is 16.8. The highest BCUT2D eigenvalue weighted by Gasteiger charge is 2.64. The van der Waals surface area contributed by atoms with Crippen LogP contribution < -0.4 is 5.32 Å². The average Bonchev–Trinajstić information content (AvgIpc) is 2.93. The first-order valence-corrected chi connectivity index (χ1v) is 8.89. The van der Waals surface area contributed by atoms with E-state index in [9.17, 15) is 14.4 Å². The fraction of sp³-hybridized carbons (Fsp3) is 0.833. The van der Waals surface area contributed by atoms with Crippen molar-refractivity contribution in [1.29, 1.82) is 0 Å². The molecule has 0 unspecified atom stereocenters. The van der Waals surface area contributed by atoms with Gasteiger partial charge in [0.05, 0.1) is 5.41 Å². The topological polar surface area (TPSA) is 109 Å². The number of rotatable bonds is 4. The fourth-order valence-electron chi connectivity index (χ4n) is 3.07. The third-order valence-corrected chi connectivity index (χ3v) is 4.21. The predicted molar refractivity (Wildman–Crippen MR) is 92.3 cm³/mol.